The van der Waals surface area contributed by atoms with E-state index >= 15 is 0 Å². The third kappa shape index (κ3) is 7.05. The fraction of sp³-hybridized carbons (Fsp3) is 0.111. The predicted molar refractivity (Wildman–Crippen MR) is 125 cm³/mol. The van der Waals surface area contributed by atoms with Crippen molar-refractivity contribution in [1.29, 1.82) is 0 Å². The van der Waals surface area contributed by atoms with Crippen LogP contribution in [-0.2, 0) is 44.7 Å². The molecule has 3 aromatic carbocycles. The summed E-state index contributed by atoms with van der Waals surface area (Å²) in [4.78, 5) is -2.03. The standard InChI is InChI=1S/C18H16N2O13S4/c21-16-5-2-11-1-3-13(35(24,25)26)9-14(11)18(16)20-19-15-10-12(4-6-17(15)36(27,28)29)34(22,23)8-7-33-37(30,31)32/h1-6,9-10,21H,7-8H2,(H,24,25,26)(H,27,28,29)(H,30,31,32). The number of phenolic OH excluding ortho intramolecular Hbond substituents is 1. The second kappa shape index (κ2) is 10.0. The van der Waals surface area contributed by atoms with E-state index in [0.29, 0.717) is 17.5 Å². The van der Waals surface area contributed by atoms with E-state index in [9.17, 15) is 47.9 Å². The maximum atomic E-state index is 12.5. The van der Waals surface area contributed by atoms with Gasteiger partial charge in [0.25, 0.3) is 20.2 Å². The van der Waals surface area contributed by atoms with Crippen LogP contribution in [0.3, 0.4) is 0 Å². The summed E-state index contributed by atoms with van der Waals surface area (Å²) in [5.74, 6) is -1.51. The smallest absolute Gasteiger partial charge is 0.397 e. The van der Waals surface area contributed by atoms with Gasteiger partial charge in [0.15, 0.2) is 9.84 Å². The Hall–Kier alpha value is -3.04. The summed E-state index contributed by atoms with van der Waals surface area (Å²) in [7, 11) is -18.9. The van der Waals surface area contributed by atoms with Crippen molar-refractivity contribution >= 4 is 62.6 Å². The summed E-state index contributed by atoms with van der Waals surface area (Å²) in [6.45, 7) is -0.974. The van der Waals surface area contributed by atoms with Gasteiger partial charge in [-0.1, -0.05) is 12.1 Å². The van der Waals surface area contributed by atoms with Crippen molar-refractivity contribution in [1.82, 2.24) is 0 Å². The molecule has 0 saturated carbocycles. The highest BCUT2D eigenvalue weighted by atomic mass is 32.3. The van der Waals surface area contributed by atoms with Crippen molar-refractivity contribution in [2.75, 3.05) is 12.4 Å². The van der Waals surface area contributed by atoms with Crippen LogP contribution < -0.4 is 0 Å². The molecule has 3 rings (SSSR count). The summed E-state index contributed by atoms with van der Waals surface area (Å²) in [6.07, 6.45) is 0. The maximum absolute atomic E-state index is 12.5. The molecule has 15 nitrogen and oxygen atoms in total. The minimum absolute atomic E-state index is 0.0431. The molecule has 4 N–H and O–H groups in total. The van der Waals surface area contributed by atoms with Gasteiger partial charge in [-0.25, -0.2) is 12.6 Å². The molecule has 3 aromatic rings. The average Bonchev–Trinajstić information content (AvgIpc) is 2.75. The molecule has 0 atom stereocenters. The van der Waals surface area contributed by atoms with Gasteiger partial charge in [0.1, 0.15) is 22.0 Å². The first-order chi connectivity index (χ1) is 16.9. The average molecular weight is 597 g/mol. The van der Waals surface area contributed by atoms with Gasteiger partial charge in [-0.15, -0.1) is 10.2 Å². The van der Waals surface area contributed by atoms with E-state index in [0.717, 1.165) is 24.3 Å². The van der Waals surface area contributed by atoms with Crippen LogP contribution in [0.25, 0.3) is 10.8 Å². The molecule has 0 heterocycles. The van der Waals surface area contributed by atoms with Gasteiger partial charge in [0.05, 0.1) is 22.2 Å². The molecule has 0 saturated heterocycles. The molecule has 0 aliphatic carbocycles. The summed E-state index contributed by atoms with van der Waals surface area (Å²) in [5.41, 5.74) is -1.11. The van der Waals surface area contributed by atoms with E-state index in [1.54, 1.807) is 0 Å². The quantitative estimate of drug-likeness (QED) is 0.204. The minimum atomic E-state index is -4.98. The largest absolute Gasteiger partial charge is 0.506 e. The van der Waals surface area contributed by atoms with Crippen LogP contribution in [0.4, 0.5) is 11.4 Å². The summed E-state index contributed by atoms with van der Waals surface area (Å²) in [5, 5.41) is 17.9. The Bertz CT molecular complexity index is 1850. The Morgan fingerprint density at radius 3 is 1.95 bits per heavy atom. The zero-order chi connectivity index (χ0) is 27.8. The van der Waals surface area contributed by atoms with Crippen LogP contribution in [0.2, 0.25) is 0 Å². The van der Waals surface area contributed by atoms with Crippen molar-refractivity contribution < 1.29 is 56.6 Å². The lowest BCUT2D eigenvalue weighted by Gasteiger charge is -2.08. The van der Waals surface area contributed by atoms with E-state index in [4.69, 9.17) is 4.55 Å². The molecule has 0 radical (unpaired) electrons. The van der Waals surface area contributed by atoms with Gasteiger partial charge in [-0.3, -0.25) is 13.7 Å². The normalized spacial score (nSPS) is 13.4. The lowest BCUT2D eigenvalue weighted by molar-refractivity contribution is 0.284. The van der Waals surface area contributed by atoms with E-state index in [2.05, 4.69) is 14.4 Å². The van der Waals surface area contributed by atoms with E-state index in [-0.39, 0.29) is 11.1 Å². The van der Waals surface area contributed by atoms with Crippen molar-refractivity contribution in [3.05, 3.63) is 48.5 Å². The zero-order valence-electron chi connectivity index (χ0n) is 18.0. The SMILES string of the molecule is O=S(=O)(O)OCCS(=O)(=O)c1ccc(S(=O)(=O)O)c(N=Nc2c(O)ccc3ccc(S(=O)(=O)O)cc23)c1. The summed E-state index contributed by atoms with van der Waals surface area (Å²) >= 11 is 0. The Kier molecular flexibility index (Phi) is 7.73. The molecule has 37 heavy (non-hydrogen) atoms. The molecule has 0 unspecified atom stereocenters. The number of azo groups is 1. The Balaban J connectivity index is 2.14. The third-order valence-electron chi connectivity index (χ3n) is 4.65. The topological polar surface area (TPSA) is 251 Å². The molecule has 0 fully saturated rings. The van der Waals surface area contributed by atoms with Gasteiger partial charge >= 0.3 is 10.4 Å². The van der Waals surface area contributed by atoms with Crippen molar-refractivity contribution in [3.8, 4) is 5.75 Å². The lowest BCUT2D eigenvalue weighted by atomic mass is 10.1. The number of nitrogens with zero attached hydrogens (tertiary/aromatic N) is 2. The highest BCUT2D eigenvalue weighted by Crippen LogP contribution is 2.38. The van der Waals surface area contributed by atoms with Crippen molar-refractivity contribution in [2.45, 2.75) is 14.7 Å². The number of sulfone groups is 1. The number of fused-ring (bicyclic) bond motifs is 1. The van der Waals surface area contributed by atoms with Crippen LogP contribution in [0, 0.1) is 0 Å². The molecular weight excluding hydrogens is 580 g/mol. The van der Waals surface area contributed by atoms with Crippen LogP contribution in [0.5, 0.6) is 5.75 Å². The van der Waals surface area contributed by atoms with E-state index in [1.807, 2.05) is 0 Å². The minimum Gasteiger partial charge on any atom is -0.506 e. The van der Waals surface area contributed by atoms with Crippen LogP contribution >= 0.6 is 0 Å². The summed E-state index contributed by atoms with van der Waals surface area (Å²) < 4.78 is 124. The zero-order valence-corrected chi connectivity index (χ0v) is 21.3. The van der Waals surface area contributed by atoms with Crippen molar-refractivity contribution in [2.24, 2.45) is 10.2 Å². The molecular formula is C18H16N2O13S4. The fourth-order valence-electron chi connectivity index (χ4n) is 2.99. The van der Waals surface area contributed by atoms with Crippen molar-refractivity contribution in [3.63, 3.8) is 0 Å². The predicted octanol–water partition coefficient (Wildman–Crippen LogP) is 2.05. The molecule has 0 bridgehead atoms. The van der Waals surface area contributed by atoms with Gasteiger partial charge in [-0.2, -0.15) is 25.3 Å². The Morgan fingerprint density at radius 1 is 0.730 bits per heavy atom. The maximum Gasteiger partial charge on any atom is 0.397 e. The van der Waals surface area contributed by atoms with Crippen LogP contribution in [0.15, 0.2) is 73.4 Å². The molecule has 0 aliphatic rings. The molecule has 0 aromatic heterocycles. The second-order valence-electron chi connectivity index (χ2n) is 7.16. The summed E-state index contributed by atoms with van der Waals surface area (Å²) in [6, 6.07) is 7.99. The first kappa shape index (κ1) is 28.5. The Labute approximate surface area is 210 Å². The van der Waals surface area contributed by atoms with E-state index in [1.165, 1.54) is 12.1 Å². The van der Waals surface area contributed by atoms with Crippen LogP contribution in [-0.4, -0.2) is 64.8 Å². The molecule has 0 spiro atoms. The highest BCUT2D eigenvalue weighted by molar-refractivity contribution is 7.91. The monoisotopic (exact) mass is 596 g/mol. The lowest BCUT2D eigenvalue weighted by Crippen LogP contribution is -2.15. The fourth-order valence-corrected chi connectivity index (χ4v) is 5.61. The van der Waals surface area contributed by atoms with Crippen LogP contribution in [0.1, 0.15) is 0 Å². The van der Waals surface area contributed by atoms with Gasteiger partial charge in [-0.05, 0) is 41.8 Å². The number of rotatable bonds is 9. The van der Waals surface area contributed by atoms with Gasteiger partial charge < -0.3 is 5.11 Å². The Morgan fingerprint density at radius 2 is 1.35 bits per heavy atom. The first-order valence-corrected chi connectivity index (χ1v) is 15.4. The molecule has 19 heteroatoms. The number of aromatic hydroxyl groups is 1. The van der Waals surface area contributed by atoms with Gasteiger partial charge in [0.2, 0.25) is 0 Å². The molecule has 200 valence electrons. The third-order valence-corrected chi connectivity index (χ3v) is 8.54. The number of hydrogen-bond donors (Lipinski definition) is 4. The molecule has 0 aliphatic heterocycles. The second-order valence-corrected chi connectivity index (χ2v) is 13.2. The highest BCUT2D eigenvalue weighted by Gasteiger charge is 2.22. The van der Waals surface area contributed by atoms with Gasteiger partial charge in [0, 0.05) is 5.39 Å². The number of phenols is 1. The van der Waals surface area contributed by atoms with E-state index < -0.39 is 79.0 Å². The number of hydrogen-bond acceptors (Lipinski definition) is 12. The first-order valence-electron chi connectivity index (χ1n) is 9.50. The molecule has 0 amide bonds. The number of benzene rings is 3.